The third-order valence-corrected chi connectivity index (χ3v) is 3.25. The summed E-state index contributed by atoms with van der Waals surface area (Å²) < 4.78 is 5.03. The van der Waals surface area contributed by atoms with Gasteiger partial charge in [-0.05, 0) is 25.7 Å². The van der Waals surface area contributed by atoms with E-state index in [1.54, 1.807) is 6.08 Å². The van der Waals surface area contributed by atoms with E-state index in [0.29, 0.717) is 25.9 Å². The smallest absolute Gasteiger partial charge is 0.305 e. The highest BCUT2D eigenvalue weighted by atomic mass is 16.5. The van der Waals surface area contributed by atoms with E-state index >= 15 is 0 Å². The molecule has 5 heteroatoms. The van der Waals surface area contributed by atoms with Crippen LogP contribution >= 0.6 is 0 Å². The van der Waals surface area contributed by atoms with Gasteiger partial charge in [0.25, 0.3) is 0 Å². The molecule has 0 aromatic heterocycles. The van der Waals surface area contributed by atoms with Gasteiger partial charge in [0.05, 0.1) is 12.7 Å². The Labute approximate surface area is 139 Å². The second-order valence-corrected chi connectivity index (χ2v) is 5.49. The average Bonchev–Trinajstić information content (AvgIpc) is 2.50. The van der Waals surface area contributed by atoms with E-state index in [4.69, 9.17) is 9.84 Å². The molecule has 1 atom stereocenters. The molecule has 0 aromatic rings. The number of hydrogen-bond donors (Lipinski definition) is 2. The van der Waals surface area contributed by atoms with Crippen molar-refractivity contribution in [3.05, 3.63) is 24.3 Å². The summed E-state index contributed by atoms with van der Waals surface area (Å²) in [6.45, 7) is 2.45. The predicted octanol–water partition coefficient (Wildman–Crippen LogP) is 3.62. The molecule has 23 heavy (non-hydrogen) atoms. The average molecular weight is 326 g/mol. The predicted molar refractivity (Wildman–Crippen MR) is 90.1 cm³/mol. The van der Waals surface area contributed by atoms with Crippen molar-refractivity contribution < 1.29 is 24.5 Å². The highest BCUT2D eigenvalue weighted by molar-refractivity contribution is 5.69. The van der Waals surface area contributed by atoms with E-state index in [2.05, 4.69) is 6.92 Å². The van der Waals surface area contributed by atoms with E-state index in [9.17, 15) is 14.7 Å². The molecule has 2 N–H and O–H groups in total. The van der Waals surface area contributed by atoms with Crippen LogP contribution in [0.3, 0.4) is 0 Å². The molecule has 0 aromatic carbocycles. The Morgan fingerprint density at radius 2 is 1.83 bits per heavy atom. The van der Waals surface area contributed by atoms with Crippen molar-refractivity contribution in [3.63, 3.8) is 0 Å². The number of aliphatic hydroxyl groups excluding tert-OH is 1. The third kappa shape index (κ3) is 16.6. The van der Waals surface area contributed by atoms with Crippen molar-refractivity contribution in [3.8, 4) is 0 Å². The monoisotopic (exact) mass is 326 g/mol. The number of carbonyl (C=O) groups excluding carboxylic acids is 1. The minimum atomic E-state index is -0.841. The topological polar surface area (TPSA) is 83.8 Å². The molecular weight excluding hydrogens is 296 g/mol. The van der Waals surface area contributed by atoms with Gasteiger partial charge in [-0.1, -0.05) is 50.5 Å². The summed E-state index contributed by atoms with van der Waals surface area (Å²) in [7, 11) is 0. The molecule has 0 rings (SSSR count). The maximum Gasteiger partial charge on any atom is 0.305 e. The summed E-state index contributed by atoms with van der Waals surface area (Å²) in [5, 5.41) is 18.1. The molecule has 0 spiro atoms. The summed E-state index contributed by atoms with van der Waals surface area (Å²) in [6.07, 6.45) is 13.0. The first kappa shape index (κ1) is 21.4. The Bertz CT molecular complexity index is 374. The molecule has 0 saturated carbocycles. The number of ether oxygens (including phenoxy) is 1. The first-order valence-electron chi connectivity index (χ1n) is 8.45. The number of unbranched alkanes of at least 4 members (excludes halogenated alkanes) is 3. The molecule has 0 aliphatic heterocycles. The molecule has 0 aliphatic carbocycles. The molecule has 132 valence electrons. The lowest BCUT2D eigenvalue weighted by Crippen LogP contribution is -2.05. The molecule has 0 radical (unpaired) electrons. The van der Waals surface area contributed by atoms with E-state index < -0.39 is 12.1 Å². The Hall–Kier alpha value is -1.62. The van der Waals surface area contributed by atoms with Crippen LogP contribution in [0.4, 0.5) is 0 Å². The number of hydrogen-bond acceptors (Lipinski definition) is 4. The van der Waals surface area contributed by atoms with Gasteiger partial charge in [-0.2, -0.15) is 0 Å². The molecule has 5 nitrogen and oxygen atoms in total. The van der Waals surface area contributed by atoms with Crippen molar-refractivity contribution in [2.75, 3.05) is 6.61 Å². The van der Waals surface area contributed by atoms with Crippen molar-refractivity contribution >= 4 is 11.9 Å². The van der Waals surface area contributed by atoms with E-state index in [1.165, 1.54) is 0 Å². The Morgan fingerprint density at radius 3 is 2.52 bits per heavy atom. The number of aliphatic carboxylic acids is 1. The van der Waals surface area contributed by atoms with Gasteiger partial charge in [-0.3, -0.25) is 9.59 Å². The van der Waals surface area contributed by atoms with Crippen LogP contribution in [0.1, 0.15) is 64.7 Å². The zero-order valence-electron chi connectivity index (χ0n) is 14.1. The summed E-state index contributed by atoms with van der Waals surface area (Å²) in [6, 6.07) is 0. The number of aliphatic hydroxyl groups is 1. The molecule has 0 bridgehead atoms. The molecule has 0 aliphatic rings. The second-order valence-electron chi connectivity index (χ2n) is 5.49. The lowest BCUT2D eigenvalue weighted by atomic mass is 10.1. The van der Waals surface area contributed by atoms with E-state index in [1.807, 2.05) is 18.2 Å². The van der Waals surface area contributed by atoms with Gasteiger partial charge in [0.1, 0.15) is 0 Å². The van der Waals surface area contributed by atoms with Crippen LogP contribution in [0.5, 0.6) is 0 Å². The van der Waals surface area contributed by atoms with E-state index in [-0.39, 0.29) is 18.8 Å². The van der Waals surface area contributed by atoms with Crippen LogP contribution in [0.15, 0.2) is 24.3 Å². The fourth-order valence-electron chi connectivity index (χ4n) is 1.93. The fourth-order valence-corrected chi connectivity index (χ4v) is 1.93. The highest BCUT2D eigenvalue weighted by Crippen LogP contribution is 2.04. The van der Waals surface area contributed by atoms with Crippen LogP contribution < -0.4 is 0 Å². The Kier molecular flexibility index (Phi) is 14.2. The zero-order valence-corrected chi connectivity index (χ0v) is 14.1. The third-order valence-electron chi connectivity index (χ3n) is 3.25. The first-order chi connectivity index (χ1) is 11.1. The number of rotatable bonds is 14. The van der Waals surface area contributed by atoms with Crippen molar-refractivity contribution in [2.45, 2.75) is 70.8 Å². The summed E-state index contributed by atoms with van der Waals surface area (Å²) in [5.41, 5.74) is 0. The van der Waals surface area contributed by atoms with Gasteiger partial charge >= 0.3 is 11.9 Å². The van der Waals surface area contributed by atoms with Gasteiger partial charge in [0, 0.05) is 12.8 Å². The summed E-state index contributed by atoms with van der Waals surface area (Å²) in [4.78, 5) is 21.7. The summed E-state index contributed by atoms with van der Waals surface area (Å²) in [5.74, 6) is -1.13. The minimum Gasteiger partial charge on any atom is -0.481 e. The molecular formula is C18H30O5. The Balaban J connectivity index is 3.55. The SMILES string of the molecule is CCCCC[C@H](O)C=CC=CCCOC(=O)CCCCC(=O)O. The number of allylic oxidation sites excluding steroid dienone is 2. The number of esters is 1. The molecule has 0 unspecified atom stereocenters. The fraction of sp³-hybridized carbons (Fsp3) is 0.667. The van der Waals surface area contributed by atoms with Gasteiger partial charge < -0.3 is 14.9 Å². The van der Waals surface area contributed by atoms with Crippen molar-refractivity contribution in [1.82, 2.24) is 0 Å². The summed E-state index contributed by atoms with van der Waals surface area (Å²) >= 11 is 0. The van der Waals surface area contributed by atoms with Crippen LogP contribution in [0, 0.1) is 0 Å². The lowest BCUT2D eigenvalue weighted by Gasteiger charge is -2.03. The van der Waals surface area contributed by atoms with E-state index in [0.717, 1.165) is 25.7 Å². The van der Waals surface area contributed by atoms with Gasteiger partial charge in [-0.15, -0.1) is 0 Å². The molecule has 0 amide bonds. The quantitative estimate of drug-likeness (QED) is 0.289. The largest absolute Gasteiger partial charge is 0.481 e. The van der Waals surface area contributed by atoms with Crippen molar-refractivity contribution in [1.29, 1.82) is 0 Å². The molecule has 0 fully saturated rings. The standard InChI is InChI=1S/C18H30O5/c1-2-3-6-11-16(19)12-7-4-5-10-15-23-18(22)14-9-8-13-17(20)21/h4-5,7,12,16,19H,2-3,6,8-11,13-15H2,1H3,(H,20,21)/t16-/m0/s1. The van der Waals surface area contributed by atoms with Crippen LogP contribution in [0.25, 0.3) is 0 Å². The first-order valence-corrected chi connectivity index (χ1v) is 8.45. The maximum atomic E-state index is 11.4. The Morgan fingerprint density at radius 1 is 1.09 bits per heavy atom. The van der Waals surface area contributed by atoms with Crippen molar-refractivity contribution in [2.24, 2.45) is 0 Å². The van der Waals surface area contributed by atoms with Gasteiger partial charge in [-0.25, -0.2) is 0 Å². The van der Waals surface area contributed by atoms with Crippen LogP contribution in [-0.2, 0) is 14.3 Å². The minimum absolute atomic E-state index is 0.0899. The highest BCUT2D eigenvalue weighted by Gasteiger charge is 2.03. The zero-order chi connectivity index (χ0) is 17.3. The molecule has 0 saturated heterocycles. The number of carboxylic acid groups (broad SMARTS) is 1. The van der Waals surface area contributed by atoms with Crippen LogP contribution in [0.2, 0.25) is 0 Å². The second kappa shape index (κ2) is 15.3. The lowest BCUT2D eigenvalue weighted by molar-refractivity contribution is -0.144. The maximum absolute atomic E-state index is 11.4. The van der Waals surface area contributed by atoms with Crippen LogP contribution in [-0.4, -0.2) is 34.9 Å². The molecule has 0 heterocycles. The number of carboxylic acids is 1. The normalized spacial score (nSPS) is 12.8. The van der Waals surface area contributed by atoms with Gasteiger partial charge in [0.15, 0.2) is 0 Å². The number of carbonyl (C=O) groups is 2. The van der Waals surface area contributed by atoms with Gasteiger partial charge in [0.2, 0.25) is 0 Å².